The minimum atomic E-state index is -0.149. The summed E-state index contributed by atoms with van der Waals surface area (Å²) in [7, 11) is 0. The number of aryl methyl sites for hydroxylation is 1. The molecule has 138 valence electrons. The molecule has 28 heavy (non-hydrogen) atoms. The van der Waals surface area contributed by atoms with Gasteiger partial charge in [-0.3, -0.25) is 9.78 Å². The molecule has 0 saturated carbocycles. The number of nitrogens with zero attached hydrogens (tertiary/aromatic N) is 1. The molecular weight excluding hydrogens is 344 g/mol. The molecule has 0 saturated heterocycles. The van der Waals surface area contributed by atoms with Gasteiger partial charge in [-0.1, -0.05) is 66.2 Å². The van der Waals surface area contributed by atoms with E-state index in [4.69, 9.17) is 0 Å². The number of pyridine rings is 1. The molecule has 0 radical (unpaired) electrons. The molecule has 1 atom stereocenters. The lowest BCUT2D eigenvalue weighted by atomic mass is 9.98. The zero-order valence-electron chi connectivity index (χ0n) is 15.8. The van der Waals surface area contributed by atoms with E-state index in [2.05, 4.69) is 40.6 Å². The van der Waals surface area contributed by atoms with E-state index < -0.39 is 0 Å². The van der Waals surface area contributed by atoms with Crippen molar-refractivity contribution in [3.63, 3.8) is 0 Å². The fraction of sp³-hybridized carbons (Fsp3) is 0.120. The maximum absolute atomic E-state index is 12.9. The van der Waals surface area contributed by atoms with Crippen LogP contribution in [-0.2, 0) is 0 Å². The third-order valence-corrected chi connectivity index (χ3v) is 4.94. The predicted molar refractivity (Wildman–Crippen MR) is 115 cm³/mol. The van der Waals surface area contributed by atoms with Crippen molar-refractivity contribution < 1.29 is 4.79 Å². The Bertz CT molecular complexity index is 1090. The summed E-state index contributed by atoms with van der Waals surface area (Å²) in [5.41, 5.74) is 3.87. The second kappa shape index (κ2) is 8.05. The molecule has 0 bridgehead atoms. The summed E-state index contributed by atoms with van der Waals surface area (Å²) in [6.45, 7) is 2.02. The normalized spacial score (nSPS) is 11.9. The van der Waals surface area contributed by atoms with E-state index in [-0.39, 0.29) is 11.8 Å². The van der Waals surface area contributed by atoms with Crippen molar-refractivity contribution in [2.24, 2.45) is 0 Å². The third kappa shape index (κ3) is 4.09. The highest BCUT2D eigenvalue weighted by atomic mass is 16.1. The third-order valence-electron chi connectivity index (χ3n) is 4.94. The first-order valence-corrected chi connectivity index (χ1v) is 9.44. The Labute approximate surface area is 165 Å². The molecule has 3 heteroatoms. The highest BCUT2D eigenvalue weighted by Crippen LogP contribution is 2.26. The second-order valence-electron chi connectivity index (χ2n) is 7.04. The first-order valence-electron chi connectivity index (χ1n) is 9.44. The van der Waals surface area contributed by atoms with E-state index in [0.717, 1.165) is 22.4 Å². The van der Waals surface area contributed by atoms with Crippen molar-refractivity contribution >= 4 is 22.2 Å². The smallest absolute Gasteiger partial charge is 0.165 e. The Hall–Kier alpha value is -3.46. The molecule has 0 amide bonds. The van der Waals surface area contributed by atoms with Crippen molar-refractivity contribution in [2.45, 2.75) is 19.4 Å². The van der Waals surface area contributed by atoms with Gasteiger partial charge in [0.1, 0.15) is 0 Å². The van der Waals surface area contributed by atoms with E-state index in [1.165, 1.54) is 10.8 Å². The SMILES string of the molecule is Cc1ccc(C(=O)C[C@@H](Nc2ccc3ccccc3c2)c2cccnc2)cc1. The van der Waals surface area contributed by atoms with Crippen LogP contribution in [0.15, 0.2) is 91.3 Å². The highest BCUT2D eigenvalue weighted by molar-refractivity contribution is 5.96. The van der Waals surface area contributed by atoms with Gasteiger partial charge in [-0.2, -0.15) is 0 Å². The molecule has 4 aromatic rings. The summed E-state index contributed by atoms with van der Waals surface area (Å²) >= 11 is 0. The van der Waals surface area contributed by atoms with Gasteiger partial charge in [0, 0.05) is 30.1 Å². The lowest BCUT2D eigenvalue weighted by Crippen LogP contribution is -2.16. The molecule has 0 fully saturated rings. The number of Topliss-reactive ketones (excluding diaryl/α,β-unsaturated/α-hetero) is 1. The molecule has 0 aliphatic heterocycles. The topological polar surface area (TPSA) is 42.0 Å². The van der Waals surface area contributed by atoms with Gasteiger partial charge in [-0.25, -0.2) is 0 Å². The van der Waals surface area contributed by atoms with Gasteiger partial charge in [-0.15, -0.1) is 0 Å². The van der Waals surface area contributed by atoms with Crippen LogP contribution in [0.2, 0.25) is 0 Å². The fourth-order valence-electron chi connectivity index (χ4n) is 3.36. The number of anilines is 1. The van der Waals surface area contributed by atoms with E-state index in [1.54, 1.807) is 6.20 Å². The van der Waals surface area contributed by atoms with Crippen LogP contribution in [-0.4, -0.2) is 10.8 Å². The number of ketones is 1. The summed E-state index contributed by atoms with van der Waals surface area (Å²) in [4.78, 5) is 17.1. The predicted octanol–water partition coefficient (Wildman–Crippen LogP) is 5.97. The van der Waals surface area contributed by atoms with Gasteiger partial charge in [-0.05, 0) is 41.5 Å². The molecule has 1 aromatic heterocycles. The van der Waals surface area contributed by atoms with Crippen LogP contribution in [0.4, 0.5) is 5.69 Å². The van der Waals surface area contributed by atoms with Crippen molar-refractivity contribution in [1.82, 2.24) is 4.98 Å². The largest absolute Gasteiger partial charge is 0.378 e. The van der Waals surface area contributed by atoms with Crippen LogP contribution >= 0.6 is 0 Å². The molecule has 0 unspecified atom stereocenters. The van der Waals surface area contributed by atoms with E-state index in [0.29, 0.717) is 6.42 Å². The number of benzene rings is 3. The van der Waals surface area contributed by atoms with Gasteiger partial charge < -0.3 is 5.32 Å². The summed E-state index contributed by atoms with van der Waals surface area (Å²) < 4.78 is 0. The van der Waals surface area contributed by atoms with Gasteiger partial charge in [0.15, 0.2) is 5.78 Å². The van der Waals surface area contributed by atoms with E-state index in [1.807, 2.05) is 61.7 Å². The number of rotatable bonds is 6. The van der Waals surface area contributed by atoms with Gasteiger partial charge >= 0.3 is 0 Å². The number of carbonyl (C=O) groups is 1. The summed E-state index contributed by atoms with van der Waals surface area (Å²) in [6.07, 6.45) is 3.93. The van der Waals surface area contributed by atoms with Crippen molar-refractivity contribution in [2.75, 3.05) is 5.32 Å². The molecule has 3 nitrogen and oxygen atoms in total. The number of nitrogens with one attached hydrogen (secondary N) is 1. The average molecular weight is 366 g/mol. The molecule has 4 rings (SSSR count). The highest BCUT2D eigenvalue weighted by Gasteiger charge is 2.18. The lowest BCUT2D eigenvalue weighted by Gasteiger charge is -2.20. The number of carbonyl (C=O) groups excluding carboxylic acids is 1. The Morgan fingerprint density at radius 3 is 2.46 bits per heavy atom. The van der Waals surface area contributed by atoms with Crippen LogP contribution in [0, 0.1) is 6.92 Å². The van der Waals surface area contributed by atoms with Crippen LogP contribution in [0.5, 0.6) is 0 Å². The minimum absolute atomic E-state index is 0.113. The van der Waals surface area contributed by atoms with Gasteiger partial charge in [0.05, 0.1) is 6.04 Å². The Kier molecular flexibility index (Phi) is 5.16. The molecule has 0 aliphatic carbocycles. The van der Waals surface area contributed by atoms with Gasteiger partial charge in [0.25, 0.3) is 0 Å². The van der Waals surface area contributed by atoms with E-state index in [9.17, 15) is 4.79 Å². The Morgan fingerprint density at radius 2 is 1.71 bits per heavy atom. The minimum Gasteiger partial charge on any atom is -0.378 e. The van der Waals surface area contributed by atoms with Crippen LogP contribution in [0.25, 0.3) is 10.8 Å². The molecular formula is C25H22N2O. The van der Waals surface area contributed by atoms with E-state index >= 15 is 0 Å². The quantitative estimate of drug-likeness (QED) is 0.428. The van der Waals surface area contributed by atoms with Gasteiger partial charge in [0.2, 0.25) is 0 Å². The summed E-state index contributed by atoms with van der Waals surface area (Å²) in [5, 5.41) is 5.90. The monoisotopic (exact) mass is 366 g/mol. The molecule has 1 N–H and O–H groups in total. The van der Waals surface area contributed by atoms with Crippen molar-refractivity contribution in [3.05, 3.63) is 108 Å². The molecule has 1 heterocycles. The average Bonchev–Trinajstić information content (AvgIpc) is 2.74. The molecule has 0 spiro atoms. The maximum Gasteiger partial charge on any atom is 0.165 e. The maximum atomic E-state index is 12.9. The number of aromatic nitrogens is 1. The first-order chi connectivity index (χ1) is 13.7. The van der Waals surface area contributed by atoms with Crippen LogP contribution < -0.4 is 5.32 Å². The van der Waals surface area contributed by atoms with Crippen molar-refractivity contribution in [3.8, 4) is 0 Å². The van der Waals surface area contributed by atoms with Crippen molar-refractivity contribution in [1.29, 1.82) is 0 Å². The van der Waals surface area contributed by atoms with Crippen LogP contribution in [0.3, 0.4) is 0 Å². The lowest BCUT2D eigenvalue weighted by molar-refractivity contribution is 0.0976. The first kappa shape index (κ1) is 17.9. The standard InChI is InChI=1S/C25H22N2O/c1-18-8-10-20(11-9-18)25(28)16-24(22-7-4-14-26-17-22)27-23-13-12-19-5-2-3-6-21(19)15-23/h2-15,17,24,27H,16H2,1H3/t24-/m1/s1. The molecule has 3 aromatic carbocycles. The Balaban J connectivity index is 1.61. The second-order valence-corrected chi connectivity index (χ2v) is 7.04. The Morgan fingerprint density at radius 1 is 0.929 bits per heavy atom. The summed E-state index contributed by atoms with van der Waals surface area (Å²) in [5.74, 6) is 0.113. The number of hydrogen-bond donors (Lipinski definition) is 1. The fourth-order valence-corrected chi connectivity index (χ4v) is 3.36. The zero-order valence-corrected chi connectivity index (χ0v) is 15.8. The number of fused-ring (bicyclic) bond motifs is 1. The molecule has 0 aliphatic rings. The zero-order chi connectivity index (χ0) is 19.3. The van der Waals surface area contributed by atoms with Crippen LogP contribution in [0.1, 0.15) is 33.9 Å². The number of hydrogen-bond acceptors (Lipinski definition) is 3. The summed E-state index contributed by atoms with van der Waals surface area (Å²) in [6, 6.07) is 26.0.